The van der Waals surface area contributed by atoms with Crippen molar-refractivity contribution in [3.05, 3.63) is 64.7 Å². The van der Waals surface area contributed by atoms with Crippen LogP contribution in [0.25, 0.3) is 0 Å². The maximum absolute atomic E-state index is 6.17. The molecule has 2 aromatic rings. The van der Waals surface area contributed by atoms with E-state index in [9.17, 15) is 0 Å². The molecule has 1 heterocycles. The van der Waals surface area contributed by atoms with Gasteiger partial charge in [0.25, 0.3) is 0 Å². The summed E-state index contributed by atoms with van der Waals surface area (Å²) >= 11 is 6.17. The lowest BCUT2D eigenvalue weighted by atomic mass is 10.2. The van der Waals surface area contributed by atoms with Crippen LogP contribution in [0, 0.1) is 0 Å². The molecule has 1 aliphatic rings. The van der Waals surface area contributed by atoms with E-state index in [0.29, 0.717) is 6.61 Å². The van der Waals surface area contributed by atoms with Crippen LogP contribution in [0.3, 0.4) is 0 Å². The molecule has 0 spiro atoms. The van der Waals surface area contributed by atoms with Crippen molar-refractivity contribution >= 4 is 36.4 Å². The lowest BCUT2D eigenvalue weighted by molar-refractivity contribution is 0.0384. The number of ether oxygens (including phenoxy) is 2. The van der Waals surface area contributed by atoms with Crippen LogP contribution < -0.4 is 10.1 Å². The standard InChI is InChI=1S/C20H25ClN2O2.2ClH/c21-20-7-2-1-5-18(20)16-25-19-6-3-4-17(14-19)15-22-8-9-23-10-12-24-13-11-23;;/h1-7,14,22H,8-13,15-16H2;2*1H. The maximum Gasteiger partial charge on any atom is 0.120 e. The molecule has 0 saturated carbocycles. The summed E-state index contributed by atoms with van der Waals surface area (Å²) in [5.74, 6) is 0.868. The zero-order valence-corrected chi connectivity index (χ0v) is 17.6. The zero-order valence-electron chi connectivity index (χ0n) is 15.2. The van der Waals surface area contributed by atoms with E-state index >= 15 is 0 Å². The van der Waals surface area contributed by atoms with Gasteiger partial charge in [0.15, 0.2) is 0 Å². The number of hydrogen-bond acceptors (Lipinski definition) is 4. The Kier molecular flexibility index (Phi) is 11.8. The number of rotatable bonds is 8. The van der Waals surface area contributed by atoms with Crippen molar-refractivity contribution in [1.29, 1.82) is 0 Å². The first-order valence-electron chi connectivity index (χ1n) is 8.77. The summed E-state index contributed by atoms with van der Waals surface area (Å²) in [5.41, 5.74) is 2.22. The molecule has 0 radical (unpaired) electrons. The van der Waals surface area contributed by atoms with E-state index in [-0.39, 0.29) is 24.8 Å². The van der Waals surface area contributed by atoms with Crippen LogP contribution in [0.15, 0.2) is 48.5 Å². The molecule has 0 aromatic heterocycles. The van der Waals surface area contributed by atoms with E-state index in [1.807, 2.05) is 36.4 Å². The maximum atomic E-state index is 6.17. The Bertz CT molecular complexity index is 667. The molecule has 2 aromatic carbocycles. The van der Waals surface area contributed by atoms with Gasteiger partial charge in [0, 0.05) is 43.3 Å². The molecule has 4 nitrogen and oxygen atoms in total. The third kappa shape index (κ3) is 8.26. The minimum absolute atomic E-state index is 0. The van der Waals surface area contributed by atoms with Crippen LogP contribution in [-0.2, 0) is 17.9 Å². The summed E-state index contributed by atoms with van der Waals surface area (Å²) in [4.78, 5) is 2.43. The van der Waals surface area contributed by atoms with Gasteiger partial charge in [-0.1, -0.05) is 41.9 Å². The quantitative estimate of drug-likeness (QED) is 0.633. The highest BCUT2D eigenvalue weighted by atomic mass is 35.5. The molecule has 1 fully saturated rings. The first-order chi connectivity index (χ1) is 12.3. The van der Waals surface area contributed by atoms with Gasteiger partial charge in [-0.25, -0.2) is 0 Å². The molecule has 1 N–H and O–H groups in total. The lowest BCUT2D eigenvalue weighted by Gasteiger charge is -2.26. The van der Waals surface area contributed by atoms with Gasteiger partial charge < -0.3 is 14.8 Å². The largest absolute Gasteiger partial charge is 0.489 e. The van der Waals surface area contributed by atoms with E-state index in [2.05, 4.69) is 22.3 Å². The second kappa shape index (κ2) is 13.2. The molecule has 0 atom stereocenters. The summed E-state index contributed by atoms with van der Waals surface area (Å²) in [7, 11) is 0. The number of nitrogens with one attached hydrogen (secondary N) is 1. The Morgan fingerprint density at radius 3 is 2.59 bits per heavy atom. The fraction of sp³-hybridized carbons (Fsp3) is 0.400. The van der Waals surface area contributed by atoms with Gasteiger partial charge in [-0.2, -0.15) is 0 Å². The van der Waals surface area contributed by atoms with Crippen molar-refractivity contribution in [3.63, 3.8) is 0 Å². The minimum Gasteiger partial charge on any atom is -0.489 e. The molecule has 0 amide bonds. The number of morpholine rings is 1. The fourth-order valence-electron chi connectivity index (χ4n) is 2.82. The highest BCUT2D eigenvalue weighted by Gasteiger charge is 2.09. The van der Waals surface area contributed by atoms with E-state index in [4.69, 9.17) is 21.1 Å². The monoisotopic (exact) mass is 432 g/mol. The Balaban J connectivity index is 0.00000182. The Morgan fingerprint density at radius 1 is 1.04 bits per heavy atom. The second-order valence-electron chi connectivity index (χ2n) is 6.16. The summed E-state index contributed by atoms with van der Waals surface area (Å²) in [6, 6.07) is 16.0. The van der Waals surface area contributed by atoms with Gasteiger partial charge in [-0.15, -0.1) is 24.8 Å². The molecule has 0 bridgehead atoms. The van der Waals surface area contributed by atoms with Gasteiger partial charge in [-0.05, 0) is 23.8 Å². The number of benzene rings is 2. The normalized spacial score (nSPS) is 14.1. The molecular weight excluding hydrogens is 407 g/mol. The van der Waals surface area contributed by atoms with E-state index in [0.717, 1.165) is 62.3 Å². The van der Waals surface area contributed by atoms with Crippen molar-refractivity contribution in [2.45, 2.75) is 13.2 Å². The molecule has 0 unspecified atom stereocenters. The highest BCUT2D eigenvalue weighted by molar-refractivity contribution is 6.31. The predicted octanol–water partition coefficient (Wildman–Crippen LogP) is 4.18. The summed E-state index contributed by atoms with van der Waals surface area (Å²) in [5, 5.41) is 4.24. The summed E-state index contributed by atoms with van der Waals surface area (Å²) < 4.78 is 11.2. The summed E-state index contributed by atoms with van der Waals surface area (Å²) in [6.07, 6.45) is 0. The molecule has 0 aliphatic carbocycles. The van der Waals surface area contributed by atoms with Crippen molar-refractivity contribution in [2.75, 3.05) is 39.4 Å². The molecular formula is C20H27Cl3N2O2. The summed E-state index contributed by atoms with van der Waals surface area (Å²) in [6.45, 7) is 7.13. The SMILES string of the molecule is Cl.Cl.Clc1ccccc1COc1cccc(CNCCN2CCOCC2)c1. The van der Waals surface area contributed by atoms with Gasteiger partial charge in [0.1, 0.15) is 12.4 Å². The van der Waals surface area contributed by atoms with E-state index < -0.39 is 0 Å². The molecule has 27 heavy (non-hydrogen) atoms. The van der Waals surface area contributed by atoms with E-state index in [1.54, 1.807) is 0 Å². The van der Waals surface area contributed by atoms with Gasteiger partial charge in [0.05, 0.1) is 13.2 Å². The van der Waals surface area contributed by atoms with Crippen molar-refractivity contribution in [1.82, 2.24) is 10.2 Å². The molecule has 7 heteroatoms. The van der Waals surface area contributed by atoms with Crippen molar-refractivity contribution in [2.24, 2.45) is 0 Å². The van der Waals surface area contributed by atoms with Crippen molar-refractivity contribution < 1.29 is 9.47 Å². The average molecular weight is 434 g/mol. The Hall–Kier alpha value is -1.01. The minimum atomic E-state index is 0. The van der Waals surface area contributed by atoms with Crippen LogP contribution in [0.4, 0.5) is 0 Å². The van der Waals surface area contributed by atoms with Crippen molar-refractivity contribution in [3.8, 4) is 5.75 Å². The van der Waals surface area contributed by atoms with Crippen LogP contribution in [0.5, 0.6) is 5.75 Å². The molecule has 150 valence electrons. The van der Waals surface area contributed by atoms with Crippen LogP contribution in [0.2, 0.25) is 5.02 Å². The van der Waals surface area contributed by atoms with Crippen LogP contribution in [0.1, 0.15) is 11.1 Å². The fourth-order valence-corrected chi connectivity index (χ4v) is 3.01. The van der Waals surface area contributed by atoms with Crippen LogP contribution >= 0.6 is 36.4 Å². The van der Waals surface area contributed by atoms with Gasteiger partial charge >= 0.3 is 0 Å². The third-order valence-electron chi connectivity index (χ3n) is 4.29. The zero-order chi connectivity index (χ0) is 17.3. The second-order valence-corrected chi connectivity index (χ2v) is 6.57. The van der Waals surface area contributed by atoms with Crippen LogP contribution in [-0.4, -0.2) is 44.3 Å². The Labute approximate surface area is 179 Å². The third-order valence-corrected chi connectivity index (χ3v) is 4.66. The average Bonchev–Trinajstić information content (AvgIpc) is 2.66. The number of nitrogens with zero attached hydrogens (tertiary/aromatic N) is 1. The Morgan fingerprint density at radius 2 is 1.81 bits per heavy atom. The highest BCUT2D eigenvalue weighted by Crippen LogP contribution is 2.19. The lowest BCUT2D eigenvalue weighted by Crippen LogP contribution is -2.40. The van der Waals surface area contributed by atoms with E-state index in [1.165, 1.54) is 5.56 Å². The van der Waals surface area contributed by atoms with Gasteiger partial charge in [0.2, 0.25) is 0 Å². The van der Waals surface area contributed by atoms with Gasteiger partial charge in [-0.3, -0.25) is 4.90 Å². The first kappa shape index (κ1) is 24.0. The molecule has 1 saturated heterocycles. The smallest absolute Gasteiger partial charge is 0.120 e. The number of halogens is 3. The molecule has 1 aliphatic heterocycles. The topological polar surface area (TPSA) is 33.7 Å². The predicted molar refractivity (Wildman–Crippen MR) is 116 cm³/mol. The first-order valence-corrected chi connectivity index (χ1v) is 9.15. The molecule has 3 rings (SSSR count). The number of hydrogen-bond donors (Lipinski definition) is 1.